The van der Waals surface area contributed by atoms with Gasteiger partial charge in [0, 0.05) is 0 Å². The van der Waals surface area contributed by atoms with Gasteiger partial charge in [-0.2, -0.15) is 52.7 Å². The van der Waals surface area contributed by atoms with Crippen LogP contribution in [0.15, 0.2) is 140 Å². The van der Waals surface area contributed by atoms with E-state index in [0.717, 1.165) is 36.4 Å². The number of hydrogen-bond donors (Lipinski definition) is 0. The zero-order valence-electron chi connectivity index (χ0n) is 29.7. The van der Waals surface area contributed by atoms with Crippen molar-refractivity contribution in [1.82, 2.24) is 0 Å². The minimum atomic E-state index is -4.83. The molecule has 0 saturated carbocycles. The van der Waals surface area contributed by atoms with Gasteiger partial charge in [0.15, 0.2) is 0 Å². The highest BCUT2D eigenvalue weighted by molar-refractivity contribution is 6.09. The van der Waals surface area contributed by atoms with Crippen molar-refractivity contribution in [3.8, 4) is 28.0 Å². The summed E-state index contributed by atoms with van der Waals surface area (Å²) in [5, 5.41) is -3.74. The lowest BCUT2D eigenvalue weighted by Gasteiger charge is -2.20. The molecule has 0 aromatic heterocycles. The average Bonchev–Trinajstić information content (AvgIpc) is 3.17. The van der Waals surface area contributed by atoms with Crippen LogP contribution in [0.3, 0.4) is 0 Å². The van der Waals surface area contributed by atoms with E-state index in [1.54, 1.807) is 54.6 Å². The maximum atomic E-state index is 14.0. The van der Waals surface area contributed by atoms with Crippen molar-refractivity contribution < 1.29 is 57.4 Å². The Morgan fingerprint density at radius 2 is 0.569 bits per heavy atom. The lowest BCUT2D eigenvalue weighted by molar-refractivity contribution is -0.137. The summed E-state index contributed by atoms with van der Waals surface area (Å²) in [5.41, 5.74) is -2.26. The molecule has 0 aliphatic carbocycles. The Morgan fingerprint density at radius 1 is 0.293 bits per heavy atom. The van der Waals surface area contributed by atoms with E-state index in [4.69, 9.17) is 4.74 Å². The summed E-state index contributed by atoms with van der Waals surface area (Å²) in [7, 11) is 1.48. The average molecular weight is 811 g/mol. The first-order valence-corrected chi connectivity index (χ1v) is 17.2. The highest BCUT2D eigenvalue weighted by atomic mass is 19.4. The van der Waals surface area contributed by atoms with Crippen LogP contribution in [0, 0.1) is 0 Å². The summed E-state index contributed by atoms with van der Waals surface area (Å²) in [6, 6.07) is 32.1. The zero-order valence-corrected chi connectivity index (χ0v) is 29.7. The van der Waals surface area contributed by atoms with Crippen LogP contribution in [0.4, 0.5) is 52.7 Å². The number of hydrogen-bond acceptors (Lipinski definition) is 1. The molecule has 0 spiro atoms. The van der Waals surface area contributed by atoms with Gasteiger partial charge < -0.3 is 4.74 Å². The van der Waals surface area contributed by atoms with Crippen molar-refractivity contribution in [2.24, 2.45) is 0 Å². The lowest BCUT2D eigenvalue weighted by atomic mass is 9.89. The predicted molar refractivity (Wildman–Crippen MR) is 200 cm³/mol. The Labute approximate surface area is 321 Å². The minimum absolute atomic E-state index is 0.374. The quantitative estimate of drug-likeness (QED) is 0.128. The molecule has 0 aliphatic heterocycles. The molecular weight excluding hydrogens is 784 g/mol. The minimum Gasteiger partial charge on any atom is -0.497 e. The van der Waals surface area contributed by atoms with Crippen molar-refractivity contribution in [2.75, 3.05) is 7.11 Å². The maximum Gasteiger partial charge on any atom is 0.417 e. The second-order valence-electron chi connectivity index (χ2n) is 13.2. The molecule has 0 radical (unpaired) electrons. The van der Waals surface area contributed by atoms with E-state index >= 15 is 0 Å². The summed E-state index contributed by atoms with van der Waals surface area (Å²) in [6.07, 6.45) is -19.3. The highest BCUT2D eigenvalue weighted by Crippen LogP contribution is 2.49. The van der Waals surface area contributed by atoms with Crippen LogP contribution in [0.5, 0.6) is 5.75 Å². The molecule has 8 rings (SSSR count). The van der Waals surface area contributed by atoms with Gasteiger partial charge in [-0.15, -0.1) is 0 Å². The summed E-state index contributed by atoms with van der Waals surface area (Å²) in [6.45, 7) is 0. The van der Waals surface area contributed by atoms with Gasteiger partial charge in [0.25, 0.3) is 0 Å². The van der Waals surface area contributed by atoms with E-state index in [0.29, 0.717) is 28.0 Å². The van der Waals surface area contributed by atoms with Crippen LogP contribution in [-0.4, -0.2) is 7.11 Å². The predicted octanol–water partition coefficient (Wildman–Crippen LogP) is 15.4. The Bertz CT molecular complexity index is 2800. The number of methoxy groups -OCH3 is 1. The second kappa shape index (κ2) is 14.6. The lowest BCUT2D eigenvalue weighted by Crippen LogP contribution is -2.12. The van der Waals surface area contributed by atoms with Gasteiger partial charge in [-0.1, -0.05) is 115 Å². The molecular formula is C45H26F12O. The smallest absolute Gasteiger partial charge is 0.417 e. The monoisotopic (exact) mass is 810 g/mol. The van der Waals surface area contributed by atoms with E-state index < -0.39 is 90.0 Å². The molecule has 0 aliphatic rings. The Balaban J connectivity index is 0.000000177. The van der Waals surface area contributed by atoms with Crippen molar-refractivity contribution in [2.45, 2.75) is 24.7 Å². The topological polar surface area (TPSA) is 9.23 Å². The van der Waals surface area contributed by atoms with Gasteiger partial charge in [-0.05, 0) is 89.6 Å². The van der Waals surface area contributed by atoms with E-state index in [-0.39, 0.29) is 0 Å². The maximum absolute atomic E-state index is 14.0. The normalized spacial score (nSPS) is 12.6. The fourth-order valence-corrected chi connectivity index (χ4v) is 7.35. The Kier molecular flexibility index (Phi) is 10.1. The van der Waals surface area contributed by atoms with Gasteiger partial charge in [0.05, 0.1) is 29.4 Å². The zero-order chi connectivity index (χ0) is 41.8. The molecule has 8 aromatic carbocycles. The molecule has 0 amide bonds. The standard InChI is InChI=1S/C23H14F6O.C22H12F6/c1-30-15-9-6-13(7-10-15)14-8-11-18-19(12-14)21(23(27,28)29)17-5-3-2-4-16(17)20(18)22(24,25)26;23-21(24,25)19-15-8-4-5-9-16(15)20(22(26,27)28)18-12-14(10-11-17(18)19)13-6-2-1-3-7-13/h2-12H,1H3;1-12H. The van der Waals surface area contributed by atoms with Gasteiger partial charge in [0.2, 0.25) is 0 Å². The summed E-state index contributed by atoms with van der Waals surface area (Å²) < 4.78 is 172. The third-order valence-corrected chi connectivity index (χ3v) is 9.71. The van der Waals surface area contributed by atoms with Gasteiger partial charge in [-0.3, -0.25) is 0 Å². The van der Waals surface area contributed by atoms with Crippen LogP contribution in [0.1, 0.15) is 22.3 Å². The molecule has 58 heavy (non-hydrogen) atoms. The third-order valence-electron chi connectivity index (χ3n) is 9.71. The molecule has 8 aromatic rings. The fourth-order valence-electron chi connectivity index (χ4n) is 7.35. The summed E-state index contributed by atoms with van der Waals surface area (Å²) in [5.74, 6) is 0.556. The van der Waals surface area contributed by atoms with E-state index in [2.05, 4.69) is 0 Å². The fraction of sp³-hybridized carbons (Fsp3) is 0.111. The molecule has 0 bridgehead atoms. The second-order valence-corrected chi connectivity index (χ2v) is 13.2. The molecule has 0 N–H and O–H groups in total. The van der Waals surface area contributed by atoms with Crippen LogP contribution in [-0.2, 0) is 24.7 Å². The largest absolute Gasteiger partial charge is 0.497 e. The Hall–Kier alpha value is -6.24. The van der Waals surface area contributed by atoms with E-state index in [1.807, 2.05) is 0 Å². The molecule has 13 heteroatoms. The number of alkyl halides is 12. The van der Waals surface area contributed by atoms with Crippen LogP contribution in [0.2, 0.25) is 0 Å². The van der Waals surface area contributed by atoms with Crippen molar-refractivity contribution >= 4 is 43.1 Å². The molecule has 0 heterocycles. The highest BCUT2D eigenvalue weighted by Gasteiger charge is 2.42. The van der Waals surface area contributed by atoms with Crippen LogP contribution < -0.4 is 4.74 Å². The van der Waals surface area contributed by atoms with Crippen molar-refractivity contribution in [1.29, 1.82) is 0 Å². The first kappa shape index (κ1) is 40.0. The molecule has 0 saturated heterocycles. The van der Waals surface area contributed by atoms with Crippen molar-refractivity contribution in [3.05, 3.63) is 162 Å². The van der Waals surface area contributed by atoms with Gasteiger partial charge in [-0.25, -0.2) is 0 Å². The summed E-state index contributed by atoms with van der Waals surface area (Å²) >= 11 is 0. The number of fused-ring (bicyclic) bond motifs is 4. The number of ether oxygens (including phenoxy) is 1. The first-order chi connectivity index (χ1) is 27.3. The molecule has 0 unspecified atom stereocenters. The van der Waals surface area contributed by atoms with Crippen LogP contribution in [0.25, 0.3) is 65.3 Å². The summed E-state index contributed by atoms with van der Waals surface area (Å²) in [4.78, 5) is 0. The van der Waals surface area contributed by atoms with Gasteiger partial charge in [0.1, 0.15) is 5.75 Å². The third kappa shape index (κ3) is 7.48. The molecule has 0 atom stereocenters. The number of halogens is 12. The van der Waals surface area contributed by atoms with Crippen molar-refractivity contribution in [3.63, 3.8) is 0 Å². The number of rotatable bonds is 3. The molecule has 296 valence electrons. The van der Waals surface area contributed by atoms with E-state index in [9.17, 15) is 52.7 Å². The molecule has 0 fully saturated rings. The van der Waals surface area contributed by atoms with Crippen LogP contribution >= 0.6 is 0 Å². The SMILES string of the molecule is COc1ccc(-c2ccc3c(C(F)(F)F)c4ccccc4c(C(F)(F)F)c3c2)cc1.FC(F)(F)c1c2ccccc2c(C(F)(F)F)c2cc(-c3ccccc3)ccc12. The number of benzene rings is 8. The van der Waals surface area contributed by atoms with Gasteiger partial charge >= 0.3 is 24.7 Å². The molecule has 1 nitrogen and oxygen atoms in total. The first-order valence-electron chi connectivity index (χ1n) is 17.2. The Morgan fingerprint density at radius 3 is 0.897 bits per heavy atom. The van der Waals surface area contributed by atoms with E-state index in [1.165, 1.54) is 55.6 Å².